The topological polar surface area (TPSA) is 82.4 Å². The van der Waals surface area contributed by atoms with Crippen molar-refractivity contribution < 1.29 is 9.90 Å². The molecule has 2 unspecified atom stereocenters. The second-order valence-electron chi connectivity index (χ2n) is 6.20. The number of anilines is 1. The Morgan fingerprint density at radius 3 is 2.88 bits per heavy atom. The molecule has 0 aliphatic carbocycles. The van der Waals surface area contributed by atoms with Gasteiger partial charge in [-0.15, -0.1) is 0 Å². The van der Waals surface area contributed by atoms with Crippen LogP contribution in [-0.4, -0.2) is 51.1 Å². The van der Waals surface area contributed by atoms with Crippen LogP contribution in [0.1, 0.15) is 12.0 Å². The van der Waals surface area contributed by atoms with E-state index in [1.165, 1.54) is 5.56 Å². The zero-order valence-electron chi connectivity index (χ0n) is 13.7. The molecule has 2 heterocycles. The van der Waals surface area contributed by atoms with Gasteiger partial charge in [0.1, 0.15) is 0 Å². The Bertz CT molecular complexity index is 673. The molecule has 3 rings (SSSR count). The number of amides is 2. The molecule has 0 bridgehead atoms. The van der Waals surface area contributed by atoms with E-state index in [0.717, 1.165) is 6.54 Å². The number of hydrogen-bond donors (Lipinski definition) is 3. The Balaban J connectivity index is 1.51. The summed E-state index contributed by atoms with van der Waals surface area (Å²) in [7, 11) is 1.80. The standard InChI is InChI=1S/C17H23N5O2/c1-21-11-14(8-19-21)20-17(24)18-9-15-7-16(23)12-22(15)10-13-5-3-2-4-6-13/h2-6,8,11,15-16,23H,7,9-10,12H2,1H3,(H2,18,20,24). The fourth-order valence-electron chi connectivity index (χ4n) is 3.05. The summed E-state index contributed by atoms with van der Waals surface area (Å²) >= 11 is 0. The number of urea groups is 1. The molecular formula is C17H23N5O2. The quantitative estimate of drug-likeness (QED) is 0.769. The van der Waals surface area contributed by atoms with Crippen LogP contribution < -0.4 is 10.6 Å². The monoisotopic (exact) mass is 329 g/mol. The van der Waals surface area contributed by atoms with Crippen molar-refractivity contribution in [3.63, 3.8) is 0 Å². The first-order valence-electron chi connectivity index (χ1n) is 8.09. The number of aliphatic hydroxyl groups excluding tert-OH is 1. The van der Waals surface area contributed by atoms with Crippen LogP contribution in [0.3, 0.4) is 0 Å². The zero-order chi connectivity index (χ0) is 16.9. The zero-order valence-corrected chi connectivity index (χ0v) is 13.7. The number of nitrogens with zero attached hydrogens (tertiary/aromatic N) is 3. The molecule has 128 valence electrons. The number of benzene rings is 1. The van der Waals surface area contributed by atoms with Gasteiger partial charge in [-0.25, -0.2) is 4.79 Å². The van der Waals surface area contributed by atoms with Gasteiger partial charge in [-0.05, 0) is 12.0 Å². The molecule has 1 aliphatic rings. The molecule has 1 fully saturated rings. The van der Waals surface area contributed by atoms with Crippen LogP contribution in [-0.2, 0) is 13.6 Å². The molecule has 0 saturated carbocycles. The first-order chi connectivity index (χ1) is 11.6. The van der Waals surface area contributed by atoms with Crippen LogP contribution in [0.25, 0.3) is 0 Å². The third-order valence-electron chi connectivity index (χ3n) is 4.20. The Labute approximate surface area is 141 Å². The number of carbonyl (C=O) groups excluding carboxylic acids is 1. The lowest BCUT2D eigenvalue weighted by atomic mass is 10.1. The summed E-state index contributed by atoms with van der Waals surface area (Å²) in [5.74, 6) is 0. The van der Waals surface area contributed by atoms with Crippen LogP contribution in [0.5, 0.6) is 0 Å². The molecule has 3 N–H and O–H groups in total. The van der Waals surface area contributed by atoms with Gasteiger partial charge in [0.05, 0.1) is 18.0 Å². The minimum absolute atomic E-state index is 0.125. The lowest BCUT2D eigenvalue weighted by molar-refractivity contribution is 0.172. The predicted octanol–water partition coefficient (Wildman–Crippen LogP) is 1.18. The molecule has 7 nitrogen and oxygen atoms in total. The van der Waals surface area contributed by atoms with Crippen LogP contribution >= 0.6 is 0 Å². The van der Waals surface area contributed by atoms with Crippen molar-refractivity contribution in [1.29, 1.82) is 0 Å². The summed E-state index contributed by atoms with van der Waals surface area (Å²) in [5.41, 5.74) is 1.86. The maximum atomic E-state index is 12.0. The molecule has 1 saturated heterocycles. The molecule has 2 aromatic rings. The van der Waals surface area contributed by atoms with E-state index >= 15 is 0 Å². The molecule has 1 aromatic carbocycles. The van der Waals surface area contributed by atoms with E-state index < -0.39 is 0 Å². The van der Waals surface area contributed by atoms with E-state index in [1.807, 2.05) is 18.2 Å². The summed E-state index contributed by atoms with van der Waals surface area (Å²) < 4.78 is 1.63. The van der Waals surface area contributed by atoms with Gasteiger partial charge in [0.2, 0.25) is 0 Å². The third-order valence-corrected chi connectivity index (χ3v) is 4.20. The van der Waals surface area contributed by atoms with Crippen LogP contribution in [0.15, 0.2) is 42.7 Å². The van der Waals surface area contributed by atoms with E-state index in [1.54, 1.807) is 24.1 Å². The van der Waals surface area contributed by atoms with Crippen LogP contribution in [0, 0.1) is 0 Å². The number of carbonyl (C=O) groups is 1. The fourth-order valence-corrected chi connectivity index (χ4v) is 3.05. The Kier molecular flexibility index (Phi) is 5.12. The molecular weight excluding hydrogens is 306 g/mol. The molecule has 2 atom stereocenters. The summed E-state index contributed by atoms with van der Waals surface area (Å²) in [4.78, 5) is 14.2. The summed E-state index contributed by atoms with van der Waals surface area (Å²) in [6.45, 7) is 1.90. The minimum Gasteiger partial charge on any atom is -0.392 e. The van der Waals surface area contributed by atoms with Gasteiger partial charge >= 0.3 is 6.03 Å². The van der Waals surface area contributed by atoms with E-state index in [9.17, 15) is 9.90 Å². The maximum Gasteiger partial charge on any atom is 0.319 e. The molecule has 1 aliphatic heterocycles. The second-order valence-corrected chi connectivity index (χ2v) is 6.20. The van der Waals surface area contributed by atoms with Crippen molar-refractivity contribution in [2.24, 2.45) is 7.05 Å². The SMILES string of the molecule is Cn1cc(NC(=O)NCC2CC(O)CN2Cc2ccccc2)cn1. The smallest absolute Gasteiger partial charge is 0.319 e. The first-order valence-corrected chi connectivity index (χ1v) is 8.09. The first kappa shape index (κ1) is 16.5. The number of β-amino-alcohol motifs (C(OH)–C–C–N with tert-alkyl or cyclic N) is 1. The number of aliphatic hydroxyl groups is 1. The fraction of sp³-hybridized carbons (Fsp3) is 0.412. The van der Waals surface area contributed by atoms with Crippen molar-refractivity contribution in [3.05, 3.63) is 48.3 Å². The van der Waals surface area contributed by atoms with Gasteiger partial charge in [-0.3, -0.25) is 9.58 Å². The maximum absolute atomic E-state index is 12.0. The number of aryl methyl sites for hydroxylation is 1. The van der Waals surface area contributed by atoms with Crippen molar-refractivity contribution in [2.75, 3.05) is 18.4 Å². The number of likely N-dealkylation sites (tertiary alicyclic amines) is 1. The lowest BCUT2D eigenvalue weighted by Crippen LogP contribution is -2.41. The Morgan fingerprint density at radius 2 is 2.17 bits per heavy atom. The van der Waals surface area contributed by atoms with Gasteiger partial charge in [0.25, 0.3) is 0 Å². The summed E-state index contributed by atoms with van der Waals surface area (Å²) in [6, 6.07) is 10.0. The average molecular weight is 329 g/mol. The Morgan fingerprint density at radius 1 is 1.38 bits per heavy atom. The van der Waals surface area contributed by atoms with Gasteiger partial charge in [-0.1, -0.05) is 30.3 Å². The number of rotatable bonds is 5. The molecule has 2 amide bonds. The van der Waals surface area contributed by atoms with Crippen molar-refractivity contribution in [2.45, 2.75) is 25.1 Å². The van der Waals surface area contributed by atoms with Crippen LogP contribution in [0.4, 0.5) is 10.5 Å². The molecule has 0 radical (unpaired) electrons. The van der Waals surface area contributed by atoms with E-state index in [0.29, 0.717) is 25.2 Å². The van der Waals surface area contributed by atoms with E-state index in [-0.39, 0.29) is 18.2 Å². The van der Waals surface area contributed by atoms with Gasteiger partial charge in [0.15, 0.2) is 0 Å². The lowest BCUT2D eigenvalue weighted by Gasteiger charge is -2.24. The summed E-state index contributed by atoms with van der Waals surface area (Å²) in [6.07, 6.45) is 3.66. The number of aromatic nitrogens is 2. The second kappa shape index (κ2) is 7.46. The van der Waals surface area contributed by atoms with Gasteiger partial charge < -0.3 is 15.7 Å². The van der Waals surface area contributed by atoms with Crippen molar-refractivity contribution in [1.82, 2.24) is 20.0 Å². The minimum atomic E-state index is -0.345. The highest BCUT2D eigenvalue weighted by atomic mass is 16.3. The normalized spacial score (nSPS) is 20.9. The van der Waals surface area contributed by atoms with Gasteiger partial charge in [0, 0.05) is 38.9 Å². The predicted molar refractivity (Wildman–Crippen MR) is 91.5 cm³/mol. The average Bonchev–Trinajstić information content (AvgIpc) is 3.12. The molecule has 0 spiro atoms. The van der Waals surface area contributed by atoms with Crippen LogP contribution in [0.2, 0.25) is 0 Å². The number of nitrogens with one attached hydrogen (secondary N) is 2. The molecule has 1 aromatic heterocycles. The highest BCUT2D eigenvalue weighted by Gasteiger charge is 2.30. The summed E-state index contributed by atoms with van der Waals surface area (Å²) in [5, 5.41) is 19.6. The molecule has 24 heavy (non-hydrogen) atoms. The number of hydrogen-bond acceptors (Lipinski definition) is 4. The van der Waals surface area contributed by atoms with Crippen molar-refractivity contribution in [3.8, 4) is 0 Å². The molecule has 7 heteroatoms. The largest absolute Gasteiger partial charge is 0.392 e. The highest BCUT2D eigenvalue weighted by molar-refractivity contribution is 5.88. The third kappa shape index (κ3) is 4.33. The highest BCUT2D eigenvalue weighted by Crippen LogP contribution is 2.20. The van der Waals surface area contributed by atoms with Gasteiger partial charge in [-0.2, -0.15) is 5.10 Å². The van der Waals surface area contributed by atoms with Crippen molar-refractivity contribution >= 4 is 11.7 Å². The van der Waals surface area contributed by atoms with E-state index in [2.05, 4.69) is 32.8 Å². The van der Waals surface area contributed by atoms with E-state index in [4.69, 9.17) is 0 Å². The Hall–Kier alpha value is -2.38.